The highest BCUT2D eigenvalue weighted by atomic mass is 16.6. The topological polar surface area (TPSA) is 18.5 Å². The summed E-state index contributed by atoms with van der Waals surface area (Å²) in [5, 5.41) is 0. The molecule has 0 amide bonds. The zero-order valence-corrected chi connectivity index (χ0v) is 10.2. The lowest BCUT2D eigenvalue weighted by atomic mass is 9.98. The highest BCUT2D eigenvalue weighted by Gasteiger charge is 2.42. The number of rotatable bonds is 3. The van der Waals surface area contributed by atoms with Gasteiger partial charge >= 0.3 is 0 Å². The third-order valence-corrected chi connectivity index (χ3v) is 4.03. The second-order valence-corrected chi connectivity index (χ2v) is 5.29. The first-order chi connectivity index (χ1) is 8.36. The molecule has 2 fully saturated rings. The van der Waals surface area contributed by atoms with E-state index < -0.39 is 0 Å². The van der Waals surface area contributed by atoms with E-state index in [-0.39, 0.29) is 5.60 Å². The van der Waals surface area contributed by atoms with Crippen LogP contribution in [-0.2, 0) is 4.74 Å². The van der Waals surface area contributed by atoms with E-state index in [9.17, 15) is 0 Å². The Morgan fingerprint density at radius 1 is 1.12 bits per heavy atom. The largest absolute Gasteiger partial charge is 0.491 e. The monoisotopic (exact) mass is 232 g/mol. The van der Waals surface area contributed by atoms with Gasteiger partial charge in [-0.1, -0.05) is 31.0 Å². The molecule has 2 nitrogen and oxygen atoms in total. The van der Waals surface area contributed by atoms with Crippen LogP contribution in [-0.4, -0.2) is 18.3 Å². The van der Waals surface area contributed by atoms with Crippen molar-refractivity contribution in [2.75, 3.05) is 6.61 Å². The lowest BCUT2D eigenvalue weighted by Gasteiger charge is -2.23. The first-order valence-electron chi connectivity index (χ1n) is 6.72. The minimum atomic E-state index is 0.227. The summed E-state index contributed by atoms with van der Waals surface area (Å²) < 4.78 is 12.0. The molecule has 17 heavy (non-hydrogen) atoms. The van der Waals surface area contributed by atoms with Crippen LogP contribution in [0.1, 0.15) is 38.5 Å². The molecular weight excluding hydrogens is 212 g/mol. The fraction of sp³-hybridized carbons (Fsp3) is 0.600. The molecule has 1 unspecified atom stereocenters. The first-order valence-corrected chi connectivity index (χ1v) is 6.72. The average molecular weight is 232 g/mol. The van der Waals surface area contributed by atoms with Crippen molar-refractivity contribution in [1.82, 2.24) is 0 Å². The van der Waals surface area contributed by atoms with Gasteiger partial charge in [0.25, 0.3) is 0 Å². The second kappa shape index (κ2) is 4.69. The molecule has 1 heterocycles. The fourth-order valence-corrected chi connectivity index (χ4v) is 3.11. The maximum atomic E-state index is 6.21. The predicted molar refractivity (Wildman–Crippen MR) is 67.2 cm³/mol. The van der Waals surface area contributed by atoms with Gasteiger partial charge in [-0.2, -0.15) is 0 Å². The Hall–Kier alpha value is -1.02. The summed E-state index contributed by atoms with van der Waals surface area (Å²) in [5.74, 6) is 0.948. The third-order valence-electron chi connectivity index (χ3n) is 4.03. The summed E-state index contributed by atoms with van der Waals surface area (Å²) in [7, 11) is 0. The van der Waals surface area contributed by atoms with Gasteiger partial charge in [-0.15, -0.1) is 0 Å². The highest BCUT2D eigenvalue weighted by molar-refractivity contribution is 5.20. The molecular formula is C15H20O2. The summed E-state index contributed by atoms with van der Waals surface area (Å²) in [4.78, 5) is 0. The van der Waals surface area contributed by atoms with Gasteiger partial charge < -0.3 is 9.47 Å². The maximum Gasteiger partial charge on any atom is 0.119 e. The molecule has 1 saturated heterocycles. The number of benzene rings is 1. The van der Waals surface area contributed by atoms with Gasteiger partial charge in [-0.25, -0.2) is 0 Å². The standard InChI is InChI=1S/C15H20O2/c1-2-6-13(7-3-1)16-12-14-8-11-15(17-14)9-4-5-10-15/h1-3,6-7,14H,4-5,8-12H2. The third kappa shape index (κ3) is 2.47. The van der Waals surface area contributed by atoms with Crippen molar-refractivity contribution in [3.8, 4) is 5.75 Å². The number of hydrogen-bond donors (Lipinski definition) is 0. The molecule has 1 aliphatic carbocycles. The molecule has 3 rings (SSSR count). The van der Waals surface area contributed by atoms with Crippen LogP contribution < -0.4 is 4.74 Å². The van der Waals surface area contributed by atoms with Gasteiger partial charge in [-0.05, 0) is 37.8 Å². The summed E-state index contributed by atoms with van der Waals surface area (Å²) in [6.45, 7) is 0.700. The van der Waals surface area contributed by atoms with Crippen LogP contribution in [0, 0.1) is 0 Å². The minimum absolute atomic E-state index is 0.227. The number of para-hydroxylation sites is 1. The van der Waals surface area contributed by atoms with Crippen molar-refractivity contribution >= 4 is 0 Å². The summed E-state index contributed by atoms with van der Waals surface area (Å²) in [6, 6.07) is 10.0. The van der Waals surface area contributed by atoms with Gasteiger partial charge in [0.05, 0.1) is 11.7 Å². The van der Waals surface area contributed by atoms with Crippen LogP contribution in [0.15, 0.2) is 30.3 Å². The van der Waals surface area contributed by atoms with Gasteiger partial charge in [0, 0.05) is 0 Å². The van der Waals surface area contributed by atoms with Crippen LogP contribution in [0.3, 0.4) is 0 Å². The number of hydrogen-bond acceptors (Lipinski definition) is 2. The van der Waals surface area contributed by atoms with E-state index in [1.165, 1.54) is 32.1 Å². The van der Waals surface area contributed by atoms with E-state index in [0.717, 1.165) is 12.2 Å². The van der Waals surface area contributed by atoms with E-state index >= 15 is 0 Å². The zero-order valence-electron chi connectivity index (χ0n) is 10.2. The van der Waals surface area contributed by atoms with E-state index in [0.29, 0.717) is 12.7 Å². The lowest BCUT2D eigenvalue weighted by Crippen LogP contribution is -2.27. The molecule has 0 aromatic heterocycles. The molecule has 1 atom stereocenters. The summed E-state index contributed by atoms with van der Waals surface area (Å²) >= 11 is 0. The minimum Gasteiger partial charge on any atom is -0.491 e. The van der Waals surface area contributed by atoms with Crippen LogP contribution in [0.4, 0.5) is 0 Å². The van der Waals surface area contributed by atoms with Crippen molar-refractivity contribution < 1.29 is 9.47 Å². The van der Waals surface area contributed by atoms with Gasteiger partial charge in [0.15, 0.2) is 0 Å². The van der Waals surface area contributed by atoms with Gasteiger partial charge in [0.2, 0.25) is 0 Å². The molecule has 2 aliphatic rings. The van der Waals surface area contributed by atoms with Crippen molar-refractivity contribution in [3.63, 3.8) is 0 Å². The Morgan fingerprint density at radius 2 is 1.88 bits per heavy atom. The van der Waals surface area contributed by atoms with Crippen molar-refractivity contribution in [1.29, 1.82) is 0 Å². The molecule has 2 heteroatoms. The Bertz CT molecular complexity index is 354. The zero-order chi connectivity index (χ0) is 11.6. The number of ether oxygens (including phenoxy) is 2. The fourth-order valence-electron chi connectivity index (χ4n) is 3.11. The average Bonchev–Trinajstić information content (AvgIpc) is 2.99. The first kappa shape index (κ1) is 11.1. The molecule has 0 radical (unpaired) electrons. The van der Waals surface area contributed by atoms with E-state index in [1.807, 2.05) is 30.3 Å². The quantitative estimate of drug-likeness (QED) is 0.793. The van der Waals surface area contributed by atoms with Crippen LogP contribution in [0.2, 0.25) is 0 Å². The Labute approximate surface area is 103 Å². The van der Waals surface area contributed by atoms with Crippen molar-refractivity contribution in [3.05, 3.63) is 30.3 Å². The van der Waals surface area contributed by atoms with Crippen molar-refractivity contribution in [2.24, 2.45) is 0 Å². The predicted octanol–water partition coefficient (Wildman–Crippen LogP) is 3.56. The lowest BCUT2D eigenvalue weighted by molar-refractivity contribution is -0.0508. The molecule has 0 N–H and O–H groups in total. The second-order valence-electron chi connectivity index (χ2n) is 5.29. The van der Waals surface area contributed by atoms with E-state index in [1.54, 1.807) is 0 Å². The Balaban J connectivity index is 1.51. The smallest absolute Gasteiger partial charge is 0.119 e. The van der Waals surface area contributed by atoms with E-state index in [2.05, 4.69) is 0 Å². The molecule has 1 aromatic rings. The Morgan fingerprint density at radius 3 is 2.65 bits per heavy atom. The Kier molecular flexibility index (Phi) is 3.06. The normalized spacial score (nSPS) is 26.5. The SMILES string of the molecule is c1ccc(OCC2CCC3(CCCC3)O2)cc1. The summed E-state index contributed by atoms with van der Waals surface area (Å²) in [5.41, 5.74) is 0.227. The molecule has 1 aromatic carbocycles. The molecule has 1 aliphatic heterocycles. The highest BCUT2D eigenvalue weighted by Crippen LogP contribution is 2.43. The molecule has 1 spiro atoms. The summed E-state index contributed by atoms with van der Waals surface area (Å²) in [6.07, 6.45) is 7.89. The van der Waals surface area contributed by atoms with Crippen LogP contribution in [0.5, 0.6) is 5.75 Å². The molecule has 1 saturated carbocycles. The van der Waals surface area contributed by atoms with Crippen LogP contribution >= 0.6 is 0 Å². The molecule has 92 valence electrons. The van der Waals surface area contributed by atoms with Crippen molar-refractivity contribution in [2.45, 2.75) is 50.2 Å². The van der Waals surface area contributed by atoms with Crippen LogP contribution in [0.25, 0.3) is 0 Å². The maximum absolute atomic E-state index is 6.21. The van der Waals surface area contributed by atoms with E-state index in [4.69, 9.17) is 9.47 Å². The molecule has 0 bridgehead atoms. The van der Waals surface area contributed by atoms with Gasteiger partial charge in [0.1, 0.15) is 12.4 Å². The van der Waals surface area contributed by atoms with Gasteiger partial charge in [-0.3, -0.25) is 0 Å².